The van der Waals surface area contributed by atoms with E-state index in [9.17, 15) is 49.1 Å². The second-order valence-electron chi connectivity index (χ2n) is 9.47. The molecule has 1 aliphatic rings. The van der Waals surface area contributed by atoms with Crippen molar-refractivity contribution in [2.45, 2.75) is 50.1 Å². The molecule has 1 atom stereocenters. The van der Waals surface area contributed by atoms with Crippen molar-refractivity contribution in [1.82, 2.24) is 5.32 Å². The molecule has 1 aliphatic carbocycles. The van der Waals surface area contributed by atoms with Gasteiger partial charge in [0.1, 0.15) is 6.54 Å². The molecule has 0 aliphatic heterocycles. The Kier molecular flexibility index (Phi) is 9.25. The number of hydrogen-bond acceptors (Lipinski definition) is 2. The van der Waals surface area contributed by atoms with Gasteiger partial charge in [0.15, 0.2) is 5.78 Å². The van der Waals surface area contributed by atoms with E-state index in [1.165, 1.54) is 18.2 Å². The summed E-state index contributed by atoms with van der Waals surface area (Å²) >= 11 is 11.8. The summed E-state index contributed by atoms with van der Waals surface area (Å²) in [5.41, 5.74) is -3.84. The van der Waals surface area contributed by atoms with Crippen molar-refractivity contribution in [3.8, 4) is 0 Å². The molecular formula is C26H20Cl2F9NO2. The zero-order valence-electron chi connectivity index (χ0n) is 20.2. The molecule has 1 amide bonds. The molecule has 0 saturated heterocycles. The van der Waals surface area contributed by atoms with E-state index in [0.717, 1.165) is 24.3 Å². The molecule has 218 valence electrons. The molecule has 0 heterocycles. The molecule has 0 radical (unpaired) electrons. The third-order valence-electron chi connectivity index (χ3n) is 6.22. The van der Waals surface area contributed by atoms with Gasteiger partial charge in [0, 0.05) is 27.9 Å². The number of benzene rings is 2. The monoisotopic (exact) mass is 619 g/mol. The molecule has 1 unspecified atom stereocenters. The van der Waals surface area contributed by atoms with Gasteiger partial charge in [-0.15, -0.1) is 0 Å². The molecule has 3 rings (SSSR count). The fraction of sp³-hybridized carbons (Fsp3) is 0.385. The number of halogens is 11. The highest BCUT2D eigenvalue weighted by atomic mass is 35.5. The number of Topliss-reactive ketones (excluding diaryl/α,β-unsaturated/α-hetero) is 1. The van der Waals surface area contributed by atoms with Crippen LogP contribution in [0.4, 0.5) is 39.5 Å². The van der Waals surface area contributed by atoms with Crippen LogP contribution in [0.15, 0.2) is 42.5 Å². The van der Waals surface area contributed by atoms with Gasteiger partial charge in [0.25, 0.3) is 0 Å². The Labute approximate surface area is 232 Å². The first kappa shape index (κ1) is 31.8. The Hall–Kier alpha value is -2.73. The summed E-state index contributed by atoms with van der Waals surface area (Å²) in [5, 5.41) is 1.78. The zero-order valence-corrected chi connectivity index (χ0v) is 21.7. The van der Waals surface area contributed by atoms with E-state index < -0.39 is 72.1 Å². The lowest BCUT2D eigenvalue weighted by Crippen LogP contribution is -2.39. The summed E-state index contributed by atoms with van der Waals surface area (Å²) in [6.07, 6.45) is -14.4. The fourth-order valence-electron chi connectivity index (χ4n) is 4.11. The Bertz CT molecular complexity index is 1280. The second-order valence-corrected chi connectivity index (χ2v) is 10.3. The standard InChI is InChI=1S/C26H20Cl2F9NO2/c27-17-8-16(9-18(28)10-17)15(11-24(29,30)31)3-1-14-2-4-19(20(7-14)26(35,36)37)21(39)12-23(5-6-23)22(40)38-13-25(32,33)34/h1-4,7-10,15H,5-6,11-13H2,(H,38,40)/b3-1+. The van der Waals surface area contributed by atoms with Crippen molar-refractivity contribution in [2.75, 3.05) is 6.54 Å². The summed E-state index contributed by atoms with van der Waals surface area (Å²) in [5.74, 6) is -3.54. The zero-order chi connectivity index (χ0) is 30.1. The number of ketones is 1. The molecule has 1 N–H and O–H groups in total. The number of amides is 1. The van der Waals surface area contributed by atoms with Gasteiger partial charge < -0.3 is 5.32 Å². The van der Waals surface area contributed by atoms with Gasteiger partial charge in [0.05, 0.1) is 17.4 Å². The van der Waals surface area contributed by atoms with Crippen molar-refractivity contribution in [3.63, 3.8) is 0 Å². The predicted octanol–water partition coefficient (Wildman–Crippen LogP) is 8.79. The Balaban J connectivity index is 1.88. The average Bonchev–Trinajstić information content (AvgIpc) is 3.58. The maximum Gasteiger partial charge on any atom is 0.417 e. The van der Waals surface area contributed by atoms with Crippen molar-refractivity contribution in [3.05, 3.63) is 74.8 Å². The van der Waals surface area contributed by atoms with E-state index in [1.54, 1.807) is 5.32 Å². The molecule has 2 aromatic rings. The number of allylic oxidation sites excluding steroid dienone is 1. The smallest absolute Gasteiger partial charge is 0.346 e. The van der Waals surface area contributed by atoms with Gasteiger partial charge in [-0.3, -0.25) is 9.59 Å². The van der Waals surface area contributed by atoms with Gasteiger partial charge in [-0.25, -0.2) is 0 Å². The van der Waals surface area contributed by atoms with Crippen LogP contribution < -0.4 is 5.32 Å². The van der Waals surface area contributed by atoms with E-state index in [0.29, 0.717) is 6.07 Å². The van der Waals surface area contributed by atoms with Crippen LogP contribution in [0.5, 0.6) is 0 Å². The maximum absolute atomic E-state index is 13.9. The fourth-order valence-corrected chi connectivity index (χ4v) is 4.65. The highest BCUT2D eigenvalue weighted by Crippen LogP contribution is 2.50. The first-order valence-corrected chi connectivity index (χ1v) is 12.3. The highest BCUT2D eigenvalue weighted by Gasteiger charge is 2.52. The Morgan fingerprint density at radius 2 is 1.50 bits per heavy atom. The van der Waals surface area contributed by atoms with Gasteiger partial charge in [0.2, 0.25) is 5.91 Å². The minimum absolute atomic E-state index is 0.0265. The third-order valence-corrected chi connectivity index (χ3v) is 6.65. The molecule has 0 aromatic heterocycles. The van der Waals surface area contributed by atoms with E-state index in [1.807, 2.05) is 0 Å². The molecule has 0 bridgehead atoms. The van der Waals surface area contributed by atoms with Gasteiger partial charge in [-0.05, 0) is 48.2 Å². The van der Waals surface area contributed by atoms with Crippen molar-refractivity contribution >= 4 is 41.0 Å². The Morgan fingerprint density at radius 1 is 0.900 bits per heavy atom. The van der Waals surface area contributed by atoms with E-state index >= 15 is 0 Å². The third kappa shape index (κ3) is 8.89. The molecule has 0 spiro atoms. The Morgan fingerprint density at radius 3 is 2.00 bits per heavy atom. The normalized spacial score (nSPS) is 16.2. The molecule has 1 saturated carbocycles. The largest absolute Gasteiger partial charge is 0.417 e. The minimum atomic E-state index is -5.06. The number of carbonyl (C=O) groups excluding carboxylic acids is 2. The number of rotatable bonds is 9. The maximum atomic E-state index is 13.9. The summed E-state index contributed by atoms with van der Waals surface area (Å²) in [7, 11) is 0. The van der Waals surface area contributed by atoms with Gasteiger partial charge in [-0.1, -0.05) is 47.5 Å². The highest BCUT2D eigenvalue weighted by molar-refractivity contribution is 6.34. The number of hydrogen-bond donors (Lipinski definition) is 1. The molecule has 1 fully saturated rings. The van der Waals surface area contributed by atoms with Crippen LogP contribution in [0.1, 0.15) is 58.6 Å². The van der Waals surface area contributed by atoms with Crippen molar-refractivity contribution in [1.29, 1.82) is 0 Å². The van der Waals surface area contributed by atoms with Gasteiger partial charge >= 0.3 is 18.5 Å². The molecule has 3 nitrogen and oxygen atoms in total. The SMILES string of the molecule is O=C(CC1(C(=O)NCC(F)(F)F)CC1)c1ccc(/C=C/C(CC(F)(F)F)c2cc(Cl)cc(Cl)c2)cc1C(F)(F)F. The second kappa shape index (κ2) is 11.6. The molecule has 40 heavy (non-hydrogen) atoms. The molecule has 14 heteroatoms. The van der Waals surface area contributed by atoms with Crippen LogP contribution in [0.3, 0.4) is 0 Å². The van der Waals surface area contributed by atoms with Gasteiger partial charge in [-0.2, -0.15) is 39.5 Å². The van der Waals surface area contributed by atoms with Crippen LogP contribution in [-0.2, 0) is 11.0 Å². The van der Waals surface area contributed by atoms with Crippen LogP contribution in [0.25, 0.3) is 6.08 Å². The quantitative estimate of drug-likeness (QED) is 0.225. The van der Waals surface area contributed by atoms with E-state index in [-0.39, 0.29) is 34.0 Å². The van der Waals surface area contributed by atoms with Crippen LogP contribution in [0.2, 0.25) is 10.0 Å². The van der Waals surface area contributed by atoms with Crippen LogP contribution in [-0.4, -0.2) is 30.6 Å². The summed E-state index contributed by atoms with van der Waals surface area (Å²) in [6.45, 7) is -1.65. The lowest BCUT2D eigenvalue weighted by Gasteiger charge is -2.18. The first-order chi connectivity index (χ1) is 18.3. The number of alkyl halides is 9. The van der Waals surface area contributed by atoms with Crippen LogP contribution >= 0.6 is 23.2 Å². The van der Waals surface area contributed by atoms with E-state index in [4.69, 9.17) is 23.2 Å². The van der Waals surface area contributed by atoms with Crippen molar-refractivity contribution < 1.29 is 49.1 Å². The van der Waals surface area contributed by atoms with E-state index in [2.05, 4.69) is 0 Å². The molecule has 2 aromatic carbocycles. The lowest BCUT2D eigenvalue weighted by molar-refractivity contribution is -0.141. The first-order valence-electron chi connectivity index (χ1n) is 11.6. The number of nitrogens with one attached hydrogen (secondary N) is 1. The topological polar surface area (TPSA) is 46.2 Å². The molecular weight excluding hydrogens is 600 g/mol. The average molecular weight is 620 g/mol. The lowest BCUT2D eigenvalue weighted by atomic mass is 9.90. The minimum Gasteiger partial charge on any atom is -0.346 e. The summed E-state index contributed by atoms with van der Waals surface area (Å²) in [6, 6.07) is 6.27. The van der Waals surface area contributed by atoms with Crippen molar-refractivity contribution in [2.24, 2.45) is 5.41 Å². The van der Waals surface area contributed by atoms with Crippen LogP contribution in [0, 0.1) is 5.41 Å². The predicted molar refractivity (Wildman–Crippen MR) is 130 cm³/mol. The summed E-state index contributed by atoms with van der Waals surface area (Å²) in [4.78, 5) is 25.0. The summed E-state index contributed by atoms with van der Waals surface area (Å²) < 4.78 is 118. The number of carbonyl (C=O) groups is 2.